The molecule has 0 aliphatic carbocycles. The standard InChI is InChI=1S/C27H28ClFN8O3/c1-38-19-14-20(39-2)24(29)26(23(19)28)36-27-25(30-6-7-31-27)18-13-22(34-16-33-18)35-21-4-3-17(15-32-21)5-8-37-9-11-40-12-10-37/h3-4,6-7,13-16H,5,8-12H2,1-2H3,(H,31,36)(H,32,33,34,35). The van der Waals surface area contributed by atoms with E-state index in [2.05, 4.69) is 40.5 Å². The van der Waals surface area contributed by atoms with Crippen LogP contribution in [0.5, 0.6) is 11.5 Å². The number of hydrogen-bond acceptors (Lipinski definition) is 11. The lowest BCUT2D eigenvalue weighted by Gasteiger charge is -2.26. The monoisotopic (exact) mass is 566 g/mol. The Labute approximate surface area is 235 Å². The maximum absolute atomic E-state index is 15.1. The van der Waals surface area contributed by atoms with Crippen molar-refractivity contribution in [1.29, 1.82) is 0 Å². The summed E-state index contributed by atoms with van der Waals surface area (Å²) in [6.07, 6.45) is 7.15. The van der Waals surface area contributed by atoms with Gasteiger partial charge in [0.1, 0.15) is 40.1 Å². The first kappa shape index (κ1) is 27.4. The van der Waals surface area contributed by atoms with Crippen LogP contribution < -0.4 is 20.1 Å². The second kappa shape index (κ2) is 12.8. The molecular formula is C27H28ClFN8O3. The number of pyridine rings is 1. The molecule has 1 aliphatic heterocycles. The fourth-order valence-electron chi connectivity index (χ4n) is 4.18. The van der Waals surface area contributed by atoms with Crippen molar-refractivity contribution in [2.45, 2.75) is 6.42 Å². The molecule has 13 heteroatoms. The summed E-state index contributed by atoms with van der Waals surface area (Å²) in [5.41, 5.74) is 1.89. The molecule has 4 heterocycles. The number of ether oxygens (including phenoxy) is 3. The number of rotatable bonds is 10. The molecule has 1 aliphatic rings. The van der Waals surface area contributed by atoms with Crippen molar-refractivity contribution in [1.82, 2.24) is 29.8 Å². The number of nitrogens with zero attached hydrogens (tertiary/aromatic N) is 6. The lowest BCUT2D eigenvalue weighted by molar-refractivity contribution is 0.0384. The van der Waals surface area contributed by atoms with Gasteiger partial charge in [0, 0.05) is 50.4 Å². The Hall–Kier alpha value is -4.13. The quantitative estimate of drug-likeness (QED) is 0.282. The normalized spacial score (nSPS) is 13.6. The fourth-order valence-corrected chi connectivity index (χ4v) is 4.44. The first-order valence-electron chi connectivity index (χ1n) is 12.6. The average Bonchev–Trinajstić information content (AvgIpc) is 3.00. The molecule has 0 radical (unpaired) electrons. The molecule has 208 valence electrons. The van der Waals surface area contributed by atoms with Crippen molar-refractivity contribution < 1.29 is 18.6 Å². The summed E-state index contributed by atoms with van der Waals surface area (Å²) in [5.74, 6) is 0.862. The molecule has 1 aromatic carbocycles. The minimum absolute atomic E-state index is 0.0295. The number of aromatic nitrogens is 5. The molecule has 5 rings (SSSR count). The minimum atomic E-state index is -0.700. The highest BCUT2D eigenvalue weighted by molar-refractivity contribution is 6.35. The molecule has 0 saturated carbocycles. The van der Waals surface area contributed by atoms with Crippen LogP contribution in [0.3, 0.4) is 0 Å². The Morgan fingerprint density at radius 1 is 0.950 bits per heavy atom. The Kier molecular flexibility index (Phi) is 8.79. The zero-order chi connectivity index (χ0) is 27.9. The van der Waals surface area contributed by atoms with Crippen LogP contribution in [0.15, 0.2) is 49.2 Å². The van der Waals surface area contributed by atoms with Crippen LogP contribution in [0.2, 0.25) is 5.02 Å². The van der Waals surface area contributed by atoms with Gasteiger partial charge < -0.3 is 24.8 Å². The topological polar surface area (TPSA) is 119 Å². The van der Waals surface area contributed by atoms with Gasteiger partial charge in [-0.25, -0.2) is 29.3 Å². The number of morpholine rings is 1. The molecule has 0 atom stereocenters. The Balaban J connectivity index is 1.33. The Bertz CT molecular complexity index is 1430. The first-order valence-corrected chi connectivity index (χ1v) is 13.0. The molecule has 4 aromatic rings. The third kappa shape index (κ3) is 6.36. The van der Waals surface area contributed by atoms with E-state index in [1.807, 2.05) is 18.3 Å². The van der Waals surface area contributed by atoms with Crippen molar-refractivity contribution in [2.24, 2.45) is 0 Å². The minimum Gasteiger partial charge on any atom is -0.495 e. The van der Waals surface area contributed by atoms with E-state index in [-0.39, 0.29) is 28.0 Å². The number of methoxy groups -OCH3 is 2. The smallest absolute Gasteiger partial charge is 0.190 e. The molecule has 0 unspecified atom stereocenters. The van der Waals surface area contributed by atoms with E-state index in [1.54, 1.807) is 6.07 Å². The van der Waals surface area contributed by atoms with E-state index in [0.29, 0.717) is 23.0 Å². The van der Waals surface area contributed by atoms with E-state index in [4.69, 9.17) is 25.8 Å². The molecule has 2 N–H and O–H groups in total. The van der Waals surface area contributed by atoms with Crippen LogP contribution in [0.4, 0.5) is 27.5 Å². The third-order valence-electron chi connectivity index (χ3n) is 6.33. The van der Waals surface area contributed by atoms with Gasteiger partial charge >= 0.3 is 0 Å². The van der Waals surface area contributed by atoms with Crippen LogP contribution in [0, 0.1) is 5.82 Å². The van der Waals surface area contributed by atoms with Crippen molar-refractivity contribution >= 4 is 34.7 Å². The summed E-state index contributed by atoms with van der Waals surface area (Å²) >= 11 is 6.40. The van der Waals surface area contributed by atoms with Gasteiger partial charge in [0.25, 0.3) is 0 Å². The zero-order valence-electron chi connectivity index (χ0n) is 22.0. The number of anilines is 4. The third-order valence-corrected chi connectivity index (χ3v) is 6.70. The van der Waals surface area contributed by atoms with Crippen LogP contribution >= 0.6 is 11.6 Å². The highest BCUT2D eigenvalue weighted by atomic mass is 35.5. The van der Waals surface area contributed by atoms with Crippen molar-refractivity contribution in [3.63, 3.8) is 0 Å². The molecule has 1 saturated heterocycles. The Morgan fingerprint density at radius 2 is 1.75 bits per heavy atom. The predicted octanol–water partition coefficient (Wildman–Crippen LogP) is 4.50. The lowest BCUT2D eigenvalue weighted by Crippen LogP contribution is -2.37. The maximum atomic E-state index is 15.1. The van der Waals surface area contributed by atoms with Crippen molar-refractivity contribution in [3.05, 3.63) is 65.6 Å². The van der Waals surface area contributed by atoms with Gasteiger partial charge in [-0.15, -0.1) is 0 Å². The first-order chi connectivity index (χ1) is 19.6. The number of nitrogens with one attached hydrogen (secondary N) is 2. The summed E-state index contributed by atoms with van der Waals surface area (Å²) in [6, 6.07) is 7.02. The highest BCUT2D eigenvalue weighted by Crippen LogP contribution is 2.41. The summed E-state index contributed by atoms with van der Waals surface area (Å²) < 4.78 is 30.9. The lowest BCUT2D eigenvalue weighted by atomic mass is 10.2. The molecule has 0 bridgehead atoms. The number of benzene rings is 1. The molecule has 11 nitrogen and oxygen atoms in total. The summed E-state index contributed by atoms with van der Waals surface area (Å²) in [4.78, 5) is 24.3. The van der Waals surface area contributed by atoms with Gasteiger partial charge in [-0.2, -0.15) is 0 Å². The summed E-state index contributed by atoms with van der Waals surface area (Å²) in [7, 11) is 2.78. The largest absolute Gasteiger partial charge is 0.495 e. The second-order valence-corrected chi connectivity index (χ2v) is 9.21. The van der Waals surface area contributed by atoms with E-state index < -0.39 is 5.82 Å². The zero-order valence-corrected chi connectivity index (χ0v) is 22.8. The molecule has 1 fully saturated rings. The van der Waals surface area contributed by atoms with Crippen LogP contribution in [0.25, 0.3) is 11.4 Å². The van der Waals surface area contributed by atoms with Gasteiger partial charge in [0.05, 0.1) is 33.1 Å². The molecular weight excluding hydrogens is 539 g/mol. The molecule has 3 aromatic heterocycles. The van der Waals surface area contributed by atoms with Gasteiger partial charge in [0.15, 0.2) is 17.4 Å². The van der Waals surface area contributed by atoms with E-state index >= 15 is 4.39 Å². The Morgan fingerprint density at radius 3 is 2.50 bits per heavy atom. The van der Waals surface area contributed by atoms with E-state index in [9.17, 15) is 0 Å². The van der Waals surface area contributed by atoms with Gasteiger partial charge in [0.2, 0.25) is 0 Å². The molecule has 40 heavy (non-hydrogen) atoms. The average molecular weight is 567 g/mol. The number of hydrogen-bond donors (Lipinski definition) is 2. The highest BCUT2D eigenvalue weighted by Gasteiger charge is 2.21. The van der Waals surface area contributed by atoms with Crippen LogP contribution in [-0.4, -0.2) is 76.9 Å². The number of halogens is 2. The molecule has 0 spiro atoms. The van der Waals surface area contributed by atoms with Crippen LogP contribution in [0.1, 0.15) is 5.56 Å². The van der Waals surface area contributed by atoms with Gasteiger partial charge in [-0.3, -0.25) is 4.90 Å². The SMILES string of the molecule is COc1cc(OC)c(Cl)c(Nc2nccnc2-c2cc(Nc3ccc(CCN4CCOCC4)cn3)ncn2)c1F. The van der Waals surface area contributed by atoms with Crippen LogP contribution in [-0.2, 0) is 11.2 Å². The predicted molar refractivity (Wildman–Crippen MR) is 149 cm³/mol. The fraction of sp³-hybridized carbons (Fsp3) is 0.296. The summed E-state index contributed by atoms with van der Waals surface area (Å²) in [6.45, 7) is 4.46. The van der Waals surface area contributed by atoms with Gasteiger partial charge in [-0.05, 0) is 18.1 Å². The van der Waals surface area contributed by atoms with Gasteiger partial charge in [-0.1, -0.05) is 17.7 Å². The second-order valence-electron chi connectivity index (χ2n) is 8.83. The van der Waals surface area contributed by atoms with E-state index in [0.717, 1.165) is 44.8 Å². The van der Waals surface area contributed by atoms with E-state index in [1.165, 1.54) is 39.0 Å². The maximum Gasteiger partial charge on any atom is 0.190 e. The van der Waals surface area contributed by atoms with Crippen molar-refractivity contribution in [3.8, 4) is 22.9 Å². The van der Waals surface area contributed by atoms with Crippen molar-refractivity contribution in [2.75, 3.05) is 57.7 Å². The summed E-state index contributed by atoms with van der Waals surface area (Å²) in [5, 5.41) is 6.15. The molecule has 0 amide bonds.